The van der Waals surface area contributed by atoms with Crippen LogP contribution in [0.5, 0.6) is 5.75 Å². The van der Waals surface area contributed by atoms with Gasteiger partial charge in [-0.05, 0) is 36.8 Å². The third-order valence-electron chi connectivity index (χ3n) is 3.05. The van der Waals surface area contributed by atoms with E-state index >= 15 is 0 Å². The number of hydrogen-bond acceptors (Lipinski definition) is 3. The molecule has 3 nitrogen and oxygen atoms in total. The molecule has 2 aromatic rings. The second kappa shape index (κ2) is 6.25. The second-order valence-corrected chi connectivity index (χ2v) is 4.54. The zero-order valence-corrected chi connectivity index (χ0v) is 11.3. The number of benzene rings is 2. The van der Waals surface area contributed by atoms with Crippen LogP contribution in [0.4, 0.5) is 5.69 Å². The van der Waals surface area contributed by atoms with Gasteiger partial charge in [0, 0.05) is 12.2 Å². The highest BCUT2D eigenvalue weighted by molar-refractivity contribution is 5.44. The number of rotatable bonds is 5. The molecule has 19 heavy (non-hydrogen) atoms. The van der Waals surface area contributed by atoms with E-state index in [-0.39, 0.29) is 0 Å². The van der Waals surface area contributed by atoms with Crippen LogP contribution in [0.2, 0.25) is 0 Å². The first-order valence-electron chi connectivity index (χ1n) is 6.31. The van der Waals surface area contributed by atoms with Crippen molar-refractivity contribution in [3.63, 3.8) is 0 Å². The maximum absolute atomic E-state index is 10.1. The van der Waals surface area contributed by atoms with Gasteiger partial charge in [-0.2, -0.15) is 0 Å². The van der Waals surface area contributed by atoms with Crippen LogP contribution in [-0.4, -0.2) is 18.8 Å². The molecule has 2 rings (SSSR count). The highest BCUT2D eigenvalue weighted by Crippen LogP contribution is 2.18. The van der Waals surface area contributed by atoms with Crippen LogP contribution in [0, 0.1) is 6.92 Å². The van der Waals surface area contributed by atoms with Crippen LogP contribution in [0.15, 0.2) is 48.5 Å². The Hall–Kier alpha value is -2.00. The van der Waals surface area contributed by atoms with E-state index in [4.69, 9.17) is 4.74 Å². The lowest BCUT2D eigenvalue weighted by Crippen LogP contribution is -2.12. The molecular formula is C16H19NO2. The molecule has 0 spiro atoms. The number of ether oxygens (including phenoxy) is 1. The van der Waals surface area contributed by atoms with Crippen molar-refractivity contribution in [3.05, 3.63) is 59.7 Å². The highest BCUT2D eigenvalue weighted by atomic mass is 16.5. The van der Waals surface area contributed by atoms with Crippen LogP contribution in [0.1, 0.15) is 17.2 Å². The van der Waals surface area contributed by atoms with E-state index in [1.165, 1.54) is 5.56 Å². The van der Waals surface area contributed by atoms with Gasteiger partial charge >= 0.3 is 0 Å². The molecule has 2 N–H and O–H groups in total. The average molecular weight is 257 g/mol. The number of aryl methyl sites for hydroxylation is 1. The lowest BCUT2D eigenvalue weighted by molar-refractivity contribution is 0.191. The maximum Gasteiger partial charge on any atom is 0.118 e. The first-order valence-corrected chi connectivity index (χ1v) is 6.31. The fourth-order valence-corrected chi connectivity index (χ4v) is 1.83. The third kappa shape index (κ3) is 3.73. The molecule has 0 aliphatic carbocycles. The SMILES string of the molecule is COc1ccc([C@H](O)CNc2ccc(C)cc2)cc1. The molecular weight excluding hydrogens is 238 g/mol. The summed E-state index contributed by atoms with van der Waals surface area (Å²) in [6.45, 7) is 2.53. The van der Waals surface area contributed by atoms with Crippen LogP contribution in [-0.2, 0) is 0 Å². The Morgan fingerprint density at radius 3 is 2.26 bits per heavy atom. The first kappa shape index (κ1) is 13.4. The van der Waals surface area contributed by atoms with Crippen molar-refractivity contribution < 1.29 is 9.84 Å². The zero-order chi connectivity index (χ0) is 13.7. The zero-order valence-electron chi connectivity index (χ0n) is 11.3. The molecule has 2 aromatic carbocycles. The summed E-state index contributed by atoms with van der Waals surface area (Å²) in [4.78, 5) is 0. The monoisotopic (exact) mass is 257 g/mol. The smallest absolute Gasteiger partial charge is 0.118 e. The summed E-state index contributed by atoms with van der Waals surface area (Å²) in [6, 6.07) is 15.6. The van der Waals surface area contributed by atoms with Gasteiger partial charge in [-0.3, -0.25) is 0 Å². The fraction of sp³-hybridized carbons (Fsp3) is 0.250. The van der Waals surface area contributed by atoms with Crippen molar-refractivity contribution in [1.29, 1.82) is 0 Å². The summed E-state index contributed by atoms with van der Waals surface area (Å²) in [5.41, 5.74) is 3.11. The third-order valence-corrected chi connectivity index (χ3v) is 3.05. The number of anilines is 1. The van der Waals surface area contributed by atoms with Gasteiger partial charge in [-0.1, -0.05) is 29.8 Å². The fourth-order valence-electron chi connectivity index (χ4n) is 1.83. The molecule has 0 aliphatic heterocycles. The molecule has 3 heteroatoms. The normalized spacial score (nSPS) is 11.9. The predicted molar refractivity (Wildman–Crippen MR) is 77.6 cm³/mol. The molecule has 0 bridgehead atoms. The molecule has 0 fully saturated rings. The molecule has 0 radical (unpaired) electrons. The number of hydrogen-bond donors (Lipinski definition) is 2. The van der Waals surface area contributed by atoms with Crippen molar-refractivity contribution in [2.45, 2.75) is 13.0 Å². The van der Waals surface area contributed by atoms with E-state index in [1.54, 1.807) is 7.11 Å². The van der Waals surface area contributed by atoms with Crippen molar-refractivity contribution in [2.75, 3.05) is 19.0 Å². The number of aliphatic hydroxyl groups is 1. The second-order valence-electron chi connectivity index (χ2n) is 4.54. The Bertz CT molecular complexity index is 505. The van der Waals surface area contributed by atoms with E-state index in [2.05, 4.69) is 12.2 Å². The highest BCUT2D eigenvalue weighted by Gasteiger charge is 2.07. The van der Waals surface area contributed by atoms with Crippen molar-refractivity contribution >= 4 is 5.69 Å². The minimum absolute atomic E-state index is 0.482. The Labute approximate surface area is 113 Å². The topological polar surface area (TPSA) is 41.5 Å². The maximum atomic E-state index is 10.1. The summed E-state index contributed by atoms with van der Waals surface area (Å²) in [5.74, 6) is 0.794. The molecule has 0 unspecified atom stereocenters. The molecule has 1 atom stereocenters. The van der Waals surface area contributed by atoms with E-state index in [0.717, 1.165) is 17.0 Å². The summed E-state index contributed by atoms with van der Waals surface area (Å²) in [7, 11) is 1.63. The van der Waals surface area contributed by atoms with E-state index in [1.807, 2.05) is 48.5 Å². The van der Waals surface area contributed by atoms with E-state index in [9.17, 15) is 5.11 Å². The van der Waals surface area contributed by atoms with Crippen LogP contribution < -0.4 is 10.1 Å². The number of aliphatic hydroxyl groups excluding tert-OH is 1. The molecule has 0 heterocycles. The van der Waals surface area contributed by atoms with Crippen molar-refractivity contribution in [3.8, 4) is 5.75 Å². The van der Waals surface area contributed by atoms with Crippen LogP contribution in [0.3, 0.4) is 0 Å². The Morgan fingerprint density at radius 1 is 1.05 bits per heavy atom. The molecule has 0 saturated heterocycles. The summed E-state index contributed by atoms with van der Waals surface area (Å²) in [5, 5.41) is 13.3. The summed E-state index contributed by atoms with van der Waals surface area (Å²) >= 11 is 0. The van der Waals surface area contributed by atoms with Crippen LogP contribution >= 0.6 is 0 Å². The van der Waals surface area contributed by atoms with Crippen LogP contribution in [0.25, 0.3) is 0 Å². The largest absolute Gasteiger partial charge is 0.497 e. The van der Waals surface area contributed by atoms with Gasteiger partial charge in [0.15, 0.2) is 0 Å². The number of nitrogens with one attached hydrogen (secondary N) is 1. The van der Waals surface area contributed by atoms with Gasteiger partial charge in [0.2, 0.25) is 0 Å². The molecule has 0 aliphatic rings. The average Bonchev–Trinajstić information content (AvgIpc) is 2.46. The summed E-state index contributed by atoms with van der Waals surface area (Å²) < 4.78 is 5.09. The van der Waals surface area contributed by atoms with Crippen molar-refractivity contribution in [1.82, 2.24) is 0 Å². The van der Waals surface area contributed by atoms with E-state index < -0.39 is 6.10 Å². The Morgan fingerprint density at radius 2 is 1.68 bits per heavy atom. The van der Waals surface area contributed by atoms with Gasteiger partial charge in [0.1, 0.15) is 5.75 Å². The van der Waals surface area contributed by atoms with Gasteiger partial charge in [0.05, 0.1) is 13.2 Å². The van der Waals surface area contributed by atoms with Crippen molar-refractivity contribution in [2.24, 2.45) is 0 Å². The molecule has 0 aromatic heterocycles. The lowest BCUT2D eigenvalue weighted by Gasteiger charge is -2.13. The predicted octanol–water partition coefficient (Wildman–Crippen LogP) is 3.15. The molecule has 100 valence electrons. The van der Waals surface area contributed by atoms with Gasteiger partial charge < -0.3 is 15.2 Å². The summed E-state index contributed by atoms with van der Waals surface area (Å²) in [6.07, 6.45) is -0.535. The van der Waals surface area contributed by atoms with E-state index in [0.29, 0.717) is 6.54 Å². The first-order chi connectivity index (χ1) is 9.19. The quantitative estimate of drug-likeness (QED) is 0.864. The van der Waals surface area contributed by atoms with Gasteiger partial charge in [-0.25, -0.2) is 0 Å². The minimum Gasteiger partial charge on any atom is -0.497 e. The molecule has 0 saturated carbocycles. The Balaban J connectivity index is 1.93. The minimum atomic E-state index is -0.535. The lowest BCUT2D eigenvalue weighted by atomic mass is 10.1. The van der Waals surface area contributed by atoms with Gasteiger partial charge in [-0.15, -0.1) is 0 Å². The van der Waals surface area contributed by atoms with Gasteiger partial charge in [0.25, 0.3) is 0 Å². The number of methoxy groups -OCH3 is 1. The Kier molecular flexibility index (Phi) is 4.42. The standard InChI is InChI=1S/C16H19NO2/c1-12-3-7-14(8-4-12)17-11-16(18)13-5-9-15(19-2)10-6-13/h3-10,16-18H,11H2,1-2H3/t16-/m1/s1. The molecule has 0 amide bonds.